The molecule has 4 heterocycles. The van der Waals surface area contributed by atoms with E-state index in [0.717, 1.165) is 22.3 Å². The van der Waals surface area contributed by atoms with E-state index in [4.69, 9.17) is 9.26 Å². The molecule has 2 atom stereocenters. The maximum Gasteiger partial charge on any atom is 0.408 e. The van der Waals surface area contributed by atoms with Crippen molar-refractivity contribution < 1.29 is 26.8 Å². The number of hydrogen-bond donors (Lipinski definition) is 0. The first-order valence-electron chi connectivity index (χ1n) is 10.5. The standard InChI is InChI=1S/C19H22F4N6O3/c1-10-9-31-7-6-27(10)16-14(20)17(30)28-5-4-12(19(21,22)23)29(18(28)25-16)8-13-24-15(26-32-13)11-2-3-11/h10-12H,2-9H2,1H3. The van der Waals surface area contributed by atoms with Crippen molar-refractivity contribution in [1.82, 2.24) is 19.7 Å². The molecule has 0 bridgehead atoms. The third kappa shape index (κ3) is 3.71. The number of hydrogen-bond acceptors (Lipinski definition) is 8. The molecule has 0 radical (unpaired) electrons. The third-order valence-electron chi connectivity index (χ3n) is 6.09. The number of ether oxygens (including phenoxy) is 1. The van der Waals surface area contributed by atoms with Gasteiger partial charge in [-0.15, -0.1) is 0 Å². The summed E-state index contributed by atoms with van der Waals surface area (Å²) in [5, 5.41) is 3.85. The van der Waals surface area contributed by atoms with E-state index in [1.807, 2.05) is 0 Å². The van der Waals surface area contributed by atoms with Gasteiger partial charge in [-0.2, -0.15) is 27.5 Å². The molecule has 32 heavy (non-hydrogen) atoms. The molecule has 2 aromatic rings. The summed E-state index contributed by atoms with van der Waals surface area (Å²) in [6.07, 6.45) is -3.19. The highest BCUT2D eigenvalue weighted by molar-refractivity contribution is 5.48. The van der Waals surface area contributed by atoms with Crippen LogP contribution >= 0.6 is 0 Å². The Morgan fingerprint density at radius 2 is 1.94 bits per heavy atom. The zero-order valence-corrected chi connectivity index (χ0v) is 17.3. The van der Waals surface area contributed by atoms with Crippen LogP contribution in [-0.2, 0) is 17.8 Å². The van der Waals surface area contributed by atoms with Gasteiger partial charge in [0.25, 0.3) is 5.56 Å². The van der Waals surface area contributed by atoms with Crippen LogP contribution in [0.4, 0.5) is 29.3 Å². The van der Waals surface area contributed by atoms with Crippen LogP contribution in [0.5, 0.6) is 0 Å². The molecule has 1 saturated heterocycles. The average molecular weight is 458 g/mol. The van der Waals surface area contributed by atoms with Crippen molar-refractivity contribution in [1.29, 1.82) is 0 Å². The SMILES string of the molecule is CC1COCCN1c1nc2n(c(=O)c1F)CCC(C(F)(F)F)N2Cc1nc(C2CC2)no1. The second-order valence-corrected chi connectivity index (χ2v) is 8.42. The zero-order valence-electron chi connectivity index (χ0n) is 17.3. The second kappa shape index (κ2) is 7.71. The van der Waals surface area contributed by atoms with Crippen molar-refractivity contribution in [3.63, 3.8) is 0 Å². The highest BCUT2D eigenvalue weighted by Gasteiger charge is 2.48. The van der Waals surface area contributed by atoms with Crippen LogP contribution in [0.25, 0.3) is 0 Å². The Morgan fingerprint density at radius 1 is 1.16 bits per heavy atom. The first-order valence-corrected chi connectivity index (χ1v) is 10.5. The fraction of sp³-hybridized carbons (Fsp3) is 0.684. The first kappa shape index (κ1) is 21.2. The van der Waals surface area contributed by atoms with Crippen molar-refractivity contribution in [2.24, 2.45) is 0 Å². The molecule has 9 nitrogen and oxygen atoms in total. The topological polar surface area (TPSA) is 89.5 Å². The van der Waals surface area contributed by atoms with Crippen LogP contribution in [0.3, 0.4) is 0 Å². The highest BCUT2D eigenvalue weighted by atomic mass is 19.4. The van der Waals surface area contributed by atoms with Gasteiger partial charge in [0.2, 0.25) is 17.7 Å². The Kier molecular flexibility index (Phi) is 5.10. The fourth-order valence-electron chi connectivity index (χ4n) is 4.22. The molecule has 174 valence electrons. The maximum absolute atomic E-state index is 15.0. The van der Waals surface area contributed by atoms with Crippen LogP contribution < -0.4 is 15.4 Å². The number of morpholine rings is 1. The average Bonchev–Trinajstić information content (AvgIpc) is 3.49. The van der Waals surface area contributed by atoms with Crippen LogP contribution in [-0.4, -0.2) is 57.7 Å². The molecule has 0 N–H and O–H groups in total. The van der Waals surface area contributed by atoms with Crippen LogP contribution in [0.1, 0.15) is 43.8 Å². The molecule has 2 unspecified atom stereocenters. The Morgan fingerprint density at radius 3 is 2.62 bits per heavy atom. The lowest BCUT2D eigenvalue weighted by molar-refractivity contribution is -0.153. The predicted octanol–water partition coefficient (Wildman–Crippen LogP) is 2.21. The Labute approximate surface area is 180 Å². The normalized spacial score (nSPS) is 24.0. The lowest BCUT2D eigenvalue weighted by Crippen LogP contribution is -2.53. The van der Waals surface area contributed by atoms with Crippen molar-refractivity contribution in [2.75, 3.05) is 29.6 Å². The molecule has 0 amide bonds. The molecular weight excluding hydrogens is 436 g/mol. The minimum atomic E-state index is -4.59. The third-order valence-corrected chi connectivity index (χ3v) is 6.09. The van der Waals surface area contributed by atoms with E-state index in [-0.39, 0.29) is 49.3 Å². The van der Waals surface area contributed by atoms with Gasteiger partial charge < -0.3 is 19.1 Å². The molecular formula is C19H22F4N6O3. The Hall–Kier alpha value is -2.70. The van der Waals surface area contributed by atoms with Gasteiger partial charge in [-0.25, -0.2) is 0 Å². The van der Waals surface area contributed by atoms with Gasteiger partial charge in [-0.1, -0.05) is 5.16 Å². The van der Waals surface area contributed by atoms with E-state index in [1.165, 1.54) is 0 Å². The minimum Gasteiger partial charge on any atom is -0.377 e. The quantitative estimate of drug-likeness (QED) is 0.645. The summed E-state index contributed by atoms with van der Waals surface area (Å²) in [6.45, 7) is 1.94. The van der Waals surface area contributed by atoms with E-state index < -0.39 is 30.0 Å². The monoisotopic (exact) mass is 458 g/mol. The number of aromatic nitrogens is 4. The smallest absolute Gasteiger partial charge is 0.377 e. The van der Waals surface area contributed by atoms with Crippen LogP contribution in [0.15, 0.2) is 9.32 Å². The van der Waals surface area contributed by atoms with E-state index in [1.54, 1.807) is 11.8 Å². The summed E-state index contributed by atoms with van der Waals surface area (Å²) in [7, 11) is 0. The number of alkyl halides is 3. The van der Waals surface area contributed by atoms with Gasteiger partial charge in [0.1, 0.15) is 12.6 Å². The molecule has 1 aliphatic carbocycles. The first-order chi connectivity index (χ1) is 15.2. The van der Waals surface area contributed by atoms with Crippen LogP contribution in [0.2, 0.25) is 0 Å². The predicted molar refractivity (Wildman–Crippen MR) is 103 cm³/mol. The number of anilines is 2. The molecule has 1 saturated carbocycles. The molecule has 2 aliphatic heterocycles. The molecule has 0 spiro atoms. The van der Waals surface area contributed by atoms with E-state index in [2.05, 4.69) is 15.1 Å². The fourth-order valence-corrected chi connectivity index (χ4v) is 4.22. The van der Waals surface area contributed by atoms with Gasteiger partial charge in [-0.05, 0) is 26.2 Å². The van der Waals surface area contributed by atoms with Gasteiger partial charge >= 0.3 is 6.18 Å². The lowest BCUT2D eigenvalue weighted by Gasteiger charge is -2.40. The lowest BCUT2D eigenvalue weighted by atomic mass is 10.1. The van der Waals surface area contributed by atoms with E-state index >= 15 is 0 Å². The molecule has 3 aliphatic rings. The summed E-state index contributed by atoms with van der Waals surface area (Å²) in [5.41, 5.74) is -1.00. The summed E-state index contributed by atoms with van der Waals surface area (Å²) < 4.78 is 68.2. The molecule has 5 rings (SSSR count). The molecule has 2 aromatic heterocycles. The summed E-state index contributed by atoms with van der Waals surface area (Å²) in [6, 6.07) is -2.22. The van der Waals surface area contributed by atoms with E-state index in [9.17, 15) is 22.4 Å². The van der Waals surface area contributed by atoms with Crippen LogP contribution in [0, 0.1) is 5.82 Å². The Balaban J connectivity index is 1.57. The number of halogens is 4. The molecule has 13 heteroatoms. The summed E-state index contributed by atoms with van der Waals surface area (Å²) >= 11 is 0. The Bertz CT molecular complexity index is 1070. The van der Waals surface area contributed by atoms with Crippen molar-refractivity contribution in [3.05, 3.63) is 27.9 Å². The van der Waals surface area contributed by atoms with E-state index in [0.29, 0.717) is 19.0 Å². The molecule has 0 aromatic carbocycles. The summed E-state index contributed by atoms with van der Waals surface area (Å²) in [4.78, 5) is 23.7. The number of fused-ring (bicyclic) bond motifs is 1. The van der Waals surface area contributed by atoms with Gasteiger partial charge in [-0.3, -0.25) is 9.36 Å². The minimum absolute atomic E-state index is 0.00513. The molecule has 2 fully saturated rings. The van der Waals surface area contributed by atoms with Gasteiger partial charge in [0, 0.05) is 19.0 Å². The largest absolute Gasteiger partial charge is 0.408 e. The van der Waals surface area contributed by atoms with Crippen molar-refractivity contribution in [3.8, 4) is 0 Å². The van der Waals surface area contributed by atoms with Gasteiger partial charge in [0.05, 0.1) is 19.3 Å². The van der Waals surface area contributed by atoms with Crippen molar-refractivity contribution in [2.45, 2.75) is 63.5 Å². The van der Waals surface area contributed by atoms with Crippen molar-refractivity contribution >= 4 is 11.8 Å². The number of nitrogens with zero attached hydrogens (tertiary/aromatic N) is 6. The highest BCUT2D eigenvalue weighted by Crippen LogP contribution is 2.39. The van der Waals surface area contributed by atoms with Gasteiger partial charge in [0.15, 0.2) is 11.6 Å². The zero-order chi connectivity index (χ0) is 22.6. The second-order valence-electron chi connectivity index (χ2n) is 8.42. The summed E-state index contributed by atoms with van der Waals surface area (Å²) in [5.74, 6) is -0.980. The number of rotatable bonds is 4. The maximum atomic E-state index is 15.0.